The first kappa shape index (κ1) is 23.8. The normalized spacial score (nSPS) is 20.3. The fraction of sp³-hybridized carbons (Fsp3) is 0.423. The minimum Gasteiger partial charge on any atom is -0.490 e. The van der Waals surface area contributed by atoms with Crippen LogP contribution in [-0.2, 0) is 16.6 Å². The maximum atomic E-state index is 13.9. The van der Waals surface area contributed by atoms with E-state index in [-0.39, 0.29) is 17.0 Å². The Hall–Kier alpha value is -2.88. The SMILES string of the molecule is Cc1ccc2cc(CN([C@@H]3CCC[C@H]3O)S(=O)(=O)c3ccc4c(c3)OCCN4C)c(=O)[nH]c2c1C. The summed E-state index contributed by atoms with van der Waals surface area (Å²) in [4.78, 5) is 18.1. The van der Waals surface area contributed by atoms with Crippen molar-refractivity contribution in [3.05, 3.63) is 63.4 Å². The van der Waals surface area contributed by atoms with Gasteiger partial charge in [0.1, 0.15) is 12.4 Å². The van der Waals surface area contributed by atoms with Gasteiger partial charge >= 0.3 is 0 Å². The monoisotopic (exact) mass is 497 g/mol. The maximum absolute atomic E-state index is 13.9. The highest BCUT2D eigenvalue weighted by atomic mass is 32.2. The predicted octanol–water partition coefficient (Wildman–Crippen LogP) is 3.08. The van der Waals surface area contributed by atoms with Gasteiger partial charge in [-0.3, -0.25) is 4.79 Å². The maximum Gasteiger partial charge on any atom is 0.252 e. The molecule has 0 spiro atoms. The molecule has 0 saturated heterocycles. The number of benzene rings is 2. The van der Waals surface area contributed by atoms with Crippen LogP contribution in [0.15, 0.2) is 46.1 Å². The molecule has 2 atom stereocenters. The van der Waals surface area contributed by atoms with Gasteiger partial charge in [0.25, 0.3) is 5.56 Å². The van der Waals surface area contributed by atoms with Gasteiger partial charge in [-0.05, 0) is 67.8 Å². The molecule has 2 heterocycles. The number of fused-ring (bicyclic) bond motifs is 2. The lowest BCUT2D eigenvalue weighted by Gasteiger charge is -2.31. The summed E-state index contributed by atoms with van der Waals surface area (Å²) >= 11 is 0. The molecule has 35 heavy (non-hydrogen) atoms. The molecular formula is C26H31N3O5S. The van der Waals surface area contributed by atoms with Crippen LogP contribution >= 0.6 is 0 Å². The van der Waals surface area contributed by atoms with E-state index in [4.69, 9.17) is 4.74 Å². The smallest absolute Gasteiger partial charge is 0.252 e. The first-order valence-electron chi connectivity index (χ1n) is 12.0. The number of hydrogen-bond acceptors (Lipinski definition) is 6. The minimum absolute atomic E-state index is 0.0920. The van der Waals surface area contributed by atoms with Gasteiger partial charge in [0.15, 0.2) is 0 Å². The van der Waals surface area contributed by atoms with Crippen LogP contribution in [0.3, 0.4) is 0 Å². The van der Waals surface area contributed by atoms with Crippen LogP contribution in [0.1, 0.15) is 36.0 Å². The lowest BCUT2D eigenvalue weighted by molar-refractivity contribution is 0.110. The molecule has 9 heteroatoms. The molecule has 2 N–H and O–H groups in total. The second-order valence-electron chi connectivity index (χ2n) is 9.61. The molecule has 0 amide bonds. The molecule has 1 fully saturated rings. The highest BCUT2D eigenvalue weighted by Crippen LogP contribution is 2.36. The molecule has 1 saturated carbocycles. The summed E-state index contributed by atoms with van der Waals surface area (Å²) < 4.78 is 34.9. The molecule has 0 bridgehead atoms. The van der Waals surface area contributed by atoms with Crippen molar-refractivity contribution in [1.82, 2.24) is 9.29 Å². The van der Waals surface area contributed by atoms with Crippen molar-refractivity contribution in [1.29, 1.82) is 0 Å². The van der Waals surface area contributed by atoms with E-state index < -0.39 is 22.2 Å². The third kappa shape index (κ3) is 4.22. The van der Waals surface area contributed by atoms with Crippen molar-refractivity contribution in [2.24, 2.45) is 0 Å². The number of H-pyrrole nitrogens is 1. The van der Waals surface area contributed by atoms with Gasteiger partial charge in [0, 0.05) is 25.2 Å². The van der Waals surface area contributed by atoms with E-state index in [1.54, 1.807) is 24.3 Å². The van der Waals surface area contributed by atoms with Crippen molar-refractivity contribution in [2.75, 3.05) is 25.1 Å². The summed E-state index contributed by atoms with van der Waals surface area (Å²) in [6.07, 6.45) is 1.01. The molecule has 2 aliphatic rings. The van der Waals surface area contributed by atoms with Gasteiger partial charge in [-0.15, -0.1) is 0 Å². The van der Waals surface area contributed by atoms with Gasteiger partial charge in [-0.2, -0.15) is 4.31 Å². The van der Waals surface area contributed by atoms with Gasteiger partial charge in [0.2, 0.25) is 10.0 Å². The number of hydrogen-bond donors (Lipinski definition) is 2. The topological polar surface area (TPSA) is 103 Å². The number of ether oxygens (including phenoxy) is 1. The third-order valence-corrected chi connectivity index (χ3v) is 9.27. The highest BCUT2D eigenvalue weighted by Gasteiger charge is 2.39. The lowest BCUT2D eigenvalue weighted by Crippen LogP contribution is -2.44. The van der Waals surface area contributed by atoms with E-state index >= 15 is 0 Å². The number of likely N-dealkylation sites (N-methyl/N-ethyl adjacent to an activating group) is 1. The van der Waals surface area contributed by atoms with E-state index in [1.165, 1.54) is 4.31 Å². The first-order valence-corrected chi connectivity index (χ1v) is 13.4. The van der Waals surface area contributed by atoms with Crippen LogP contribution < -0.4 is 15.2 Å². The quantitative estimate of drug-likeness (QED) is 0.562. The van der Waals surface area contributed by atoms with E-state index in [9.17, 15) is 18.3 Å². The van der Waals surface area contributed by atoms with Crippen molar-refractivity contribution in [2.45, 2.75) is 56.7 Å². The number of rotatable bonds is 5. The Balaban J connectivity index is 1.58. The number of aryl methyl sites for hydroxylation is 2. The second kappa shape index (κ2) is 8.96. The Morgan fingerprint density at radius 1 is 1.17 bits per heavy atom. The number of anilines is 1. The molecule has 0 unspecified atom stereocenters. The van der Waals surface area contributed by atoms with E-state index in [0.29, 0.717) is 30.8 Å². The molecule has 1 aliphatic carbocycles. The number of nitrogens with one attached hydrogen (secondary N) is 1. The van der Waals surface area contributed by atoms with E-state index in [1.807, 2.05) is 37.9 Å². The fourth-order valence-electron chi connectivity index (χ4n) is 5.13. The zero-order chi connectivity index (χ0) is 24.9. The average Bonchev–Trinajstić information content (AvgIpc) is 3.25. The summed E-state index contributed by atoms with van der Waals surface area (Å²) in [5.74, 6) is 0.515. The number of aromatic amines is 1. The summed E-state index contributed by atoms with van der Waals surface area (Å²) in [5.41, 5.74) is 3.66. The standard InChI is InChI=1S/C26H31N3O5S/c1-16-7-8-18-13-19(26(31)27-25(18)17(16)2)15-29(21-5-4-6-23(21)30)35(32,33)20-9-10-22-24(14-20)34-12-11-28(22)3/h7-10,13-14,21,23,30H,4-6,11-12,15H2,1-3H3,(H,27,31)/t21-,23-/m1/s1. The fourth-order valence-corrected chi connectivity index (χ4v) is 6.81. The second-order valence-corrected chi connectivity index (χ2v) is 11.5. The zero-order valence-corrected chi connectivity index (χ0v) is 21.1. The number of nitrogens with zero attached hydrogens (tertiary/aromatic N) is 2. The van der Waals surface area contributed by atoms with Crippen molar-refractivity contribution >= 4 is 26.6 Å². The Morgan fingerprint density at radius 3 is 2.71 bits per heavy atom. The van der Waals surface area contributed by atoms with Crippen LogP contribution in [0.2, 0.25) is 0 Å². The molecule has 0 radical (unpaired) electrons. The van der Waals surface area contributed by atoms with Crippen LogP contribution in [0, 0.1) is 13.8 Å². The molecule has 5 rings (SSSR count). The van der Waals surface area contributed by atoms with Crippen LogP contribution in [0.25, 0.3) is 10.9 Å². The van der Waals surface area contributed by atoms with E-state index in [2.05, 4.69) is 4.98 Å². The van der Waals surface area contributed by atoms with Gasteiger partial charge in [-0.1, -0.05) is 12.1 Å². The lowest BCUT2D eigenvalue weighted by atomic mass is 10.0. The molecular weight excluding hydrogens is 466 g/mol. The first-order chi connectivity index (χ1) is 16.7. The highest BCUT2D eigenvalue weighted by molar-refractivity contribution is 7.89. The predicted molar refractivity (Wildman–Crippen MR) is 136 cm³/mol. The summed E-state index contributed by atoms with van der Waals surface area (Å²) in [6.45, 7) is 5.01. The summed E-state index contributed by atoms with van der Waals surface area (Å²) in [5, 5.41) is 11.5. The Bertz CT molecular complexity index is 1450. The average molecular weight is 498 g/mol. The number of aromatic nitrogens is 1. The number of pyridine rings is 1. The molecule has 3 aromatic rings. The van der Waals surface area contributed by atoms with Crippen molar-refractivity contribution < 1.29 is 18.3 Å². The van der Waals surface area contributed by atoms with Gasteiger partial charge in [0.05, 0.1) is 34.8 Å². The summed E-state index contributed by atoms with van der Waals surface area (Å²) in [6, 6.07) is 9.94. The van der Waals surface area contributed by atoms with Crippen LogP contribution in [0.5, 0.6) is 5.75 Å². The zero-order valence-electron chi connectivity index (χ0n) is 20.2. The Labute approximate surface area is 205 Å². The molecule has 8 nitrogen and oxygen atoms in total. The Morgan fingerprint density at radius 2 is 1.97 bits per heavy atom. The van der Waals surface area contributed by atoms with Crippen LogP contribution in [-0.4, -0.2) is 55.2 Å². The molecule has 186 valence electrons. The van der Waals surface area contributed by atoms with Crippen molar-refractivity contribution in [3.63, 3.8) is 0 Å². The van der Waals surface area contributed by atoms with Gasteiger partial charge in [-0.25, -0.2) is 8.42 Å². The number of sulfonamides is 1. The summed E-state index contributed by atoms with van der Waals surface area (Å²) in [7, 11) is -2.09. The third-order valence-electron chi connectivity index (χ3n) is 7.40. The largest absolute Gasteiger partial charge is 0.490 e. The van der Waals surface area contributed by atoms with Gasteiger partial charge < -0.3 is 19.7 Å². The molecule has 1 aromatic heterocycles. The molecule has 2 aromatic carbocycles. The van der Waals surface area contributed by atoms with Crippen LogP contribution in [0.4, 0.5) is 5.69 Å². The number of aliphatic hydroxyl groups is 1. The molecule has 1 aliphatic heterocycles. The van der Waals surface area contributed by atoms with E-state index in [0.717, 1.165) is 40.7 Å². The number of aliphatic hydroxyl groups excluding tert-OH is 1. The minimum atomic E-state index is -4.03. The Kier molecular flexibility index (Phi) is 6.11. The van der Waals surface area contributed by atoms with Crippen molar-refractivity contribution in [3.8, 4) is 5.75 Å².